The van der Waals surface area contributed by atoms with Crippen LogP contribution in [0.1, 0.15) is 5.56 Å². The number of aromatic nitrogens is 2. The first-order valence-corrected chi connectivity index (χ1v) is 8.37. The Hall–Kier alpha value is -2.34. The molecule has 1 aliphatic heterocycles. The molecule has 1 saturated heterocycles. The third-order valence-corrected chi connectivity index (χ3v) is 4.36. The van der Waals surface area contributed by atoms with Crippen molar-refractivity contribution in [3.63, 3.8) is 0 Å². The topological polar surface area (TPSA) is 53.5 Å². The molecule has 0 saturated carbocycles. The van der Waals surface area contributed by atoms with E-state index in [1.54, 1.807) is 13.4 Å². The number of anilines is 2. The summed E-state index contributed by atoms with van der Waals surface area (Å²) in [6.45, 7) is 5.01. The number of piperazine rings is 1. The number of rotatable bonds is 6. The summed E-state index contributed by atoms with van der Waals surface area (Å²) in [7, 11) is 3.84. The molecule has 0 aliphatic carbocycles. The van der Waals surface area contributed by atoms with Crippen LogP contribution in [-0.2, 0) is 6.42 Å². The second-order valence-electron chi connectivity index (χ2n) is 6.08. The zero-order chi connectivity index (χ0) is 16.8. The minimum absolute atomic E-state index is 0.839. The zero-order valence-corrected chi connectivity index (χ0v) is 14.4. The summed E-state index contributed by atoms with van der Waals surface area (Å²) in [6, 6.07) is 10.2. The van der Waals surface area contributed by atoms with Gasteiger partial charge in [-0.3, -0.25) is 0 Å². The van der Waals surface area contributed by atoms with Gasteiger partial charge in [-0.2, -0.15) is 0 Å². The van der Waals surface area contributed by atoms with Crippen LogP contribution in [0.4, 0.5) is 11.6 Å². The molecule has 1 N–H and O–H groups in total. The van der Waals surface area contributed by atoms with E-state index in [-0.39, 0.29) is 0 Å². The molecule has 1 aliphatic rings. The summed E-state index contributed by atoms with van der Waals surface area (Å²) < 4.78 is 5.18. The molecule has 0 radical (unpaired) electrons. The Morgan fingerprint density at radius 2 is 1.83 bits per heavy atom. The monoisotopic (exact) mass is 327 g/mol. The van der Waals surface area contributed by atoms with Crippen molar-refractivity contribution in [3.8, 4) is 5.75 Å². The molecule has 0 bridgehead atoms. The zero-order valence-electron chi connectivity index (χ0n) is 14.4. The van der Waals surface area contributed by atoms with Crippen LogP contribution in [-0.4, -0.2) is 61.7 Å². The normalized spacial score (nSPS) is 15.3. The Morgan fingerprint density at radius 1 is 1.08 bits per heavy atom. The molecule has 6 heteroatoms. The molecule has 24 heavy (non-hydrogen) atoms. The second kappa shape index (κ2) is 7.97. The third-order valence-electron chi connectivity index (χ3n) is 4.36. The fourth-order valence-electron chi connectivity index (χ4n) is 2.78. The Labute approximate surface area is 143 Å². The van der Waals surface area contributed by atoms with Gasteiger partial charge >= 0.3 is 0 Å². The molecule has 1 aromatic heterocycles. The molecule has 2 aromatic rings. The van der Waals surface area contributed by atoms with Crippen molar-refractivity contribution in [1.29, 1.82) is 0 Å². The highest BCUT2D eigenvalue weighted by Crippen LogP contribution is 2.16. The molecule has 3 rings (SSSR count). The number of hydrogen-bond donors (Lipinski definition) is 1. The minimum Gasteiger partial charge on any atom is -0.497 e. The van der Waals surface area contributed by atoms with E-state index < -0.39 is 0 Å². The fourth-order valence-corrected chi connectivity index (χ4v) is 2.78. The van der Waals surface area contributed by atoms with Crippen LogP contribution >= 0.6 is 0 Å². The van der Waals surface area contributed by atoms with Gasteiger partial charge < -0.3 is 19.9 Å². The van der Waals surface area contributed by atoms with Crippen molar-refractivity contribution >= 4 is 11.6 Å². The first-order valence-electron chi connectivity index (χ1n) is 8.37. The largest absolute Gasteiger partial charge is 0.497 e. The average Bonchev–Trinajstić information content (AvgIpc) is 2.63. The van der Waals surface area contributed by atoms with Gasteiger partial charge in [0, 0.05) is 38.8 Å². The van der Waals surface area contributed by atoms with E-state index >= 15 is 0 Å². The predicted octanol–water partition coefficient (Wildman–Crippen LogP) is 1.89. The molecule has 128 valence electrons. The number of methoxy groups -OCH3 is 1. The van der Waals surface area contributed by atoms with Crippen molar-refractivity contribution in [3.05, 3.63) is 42.2 Å². The molecule has 0 amide bonds. The number of likely N-dealkylation sites (N-methyl/N-ethyl adjacent to an activating group) is 1. The molecule has 6 nitrogen and oxygen atoms in total. The number of ether oxygens (including phenoxy) is 1. The summed E-state index contributed by atoms with van der Waals surface area (Å²) in [5.41, 5.74) is 1.27. The van der Waals surface area contributed by atoms with Gasteiger partial charge in [-0.25, -0.2) is 9.97 Å². The van der Waals surface area contributed by atoms with Crippen LogP contribution in [0.25, 0.3) is 0 Å². The maximum Gasteiger partial charge on any atom is 0.134 e. The van der Waals surface area contributed by atoms with Gasteiger partial charge in [-0.05, 0) is 31.2 Å². The van der Waals surface area contributed by atoms with Gasteiger partial charge in [0.1, 0.15) is 23.7 Å². The van der Waals surface area contributed by atoms with E-state index in [1.807, 2.05) is 18.2 Å². The summed E-state index contributed by atoms with van der Waals surface area (Å²) >= 11 is 0. The molecular formula is C18H25N5O. The Morgan fingerprint density at radius 3 is 2.54 bits per heavy atom. The molecule has 1 fully saturated rings. The van der Waals surface area contributed by atoms with E-state index in [4.69, 9.17) is 4.74 Å². The Kier molecular flexibility index (Phi) is 5.48. The van der Waals surface area contributed by atoms with E-state index in [0.29, 0.717) is 0 Å². The lowest BCUT2D eigenvalue weighted by molar-refractivity contribution is 0.312. The fraction of sp³-hybridized carbons (Fsp3) is 0.444. The highest BCUT2D eigenvalue weighted by molar-refractivity contribution is 5.48. The van der Waals surface area contributed by atoms with Crippen molar-refractivity contribution in [1.82, 2.24) is 14.9 Å². The van der Waals surface area contributed by atoms with Crippen molar-refractivity contribution < 1.29 is 4.74 Å². The van der Waals surface area contributed by atoms with Crippen LogP contribution in [0, 0.1) is 0 Å². The number of nitrogens with zero attached hydrogens (tertiary/aromatic N) is 4. The third kappa shape index (κ3) is 4.35. The molecule has 1 aromatic carbocycles. The lowest BCUT2D eigenvalue weighted by Gasteiger charge is -2.33. The summed E-state index contributed by atoms with van der Waals surface area (Å²) in [5, 5.41) is 3.39. The first-order chi connectivity index (χ1) is 11.7. The van der Waals surface area contributed by atoms with Crippen molar-refractivity contribution in [2.45, 2.75) is 6.42 Å². The van der Waals surface area contributed by atoms with Gasteiger partial charge in [0.25, 0.3) is 0 Å². The minimum atomic E-state index is 0.839. The van der Waals surface area contributed by atoms with E-state index in [1.165, 1.54) is 5.56 Å². The highest BCUT2D eigenvalue weighted by atomic mass is 16.5. The van der Waals surface area contributed by atoms with Gasteiger partial charge in [0.05, 0.1) is 7.11 Å². The lowest BCUT2D eigenvalue weighted by atomic mass is 10.1. The van der Waals surface area contributed by atoms with E-state index in [0.717, 1.165) is 56.5 Å². The van der Waals surface area contributed by atoms with Crippen LogP contribution in [0.2, 0.25) is 0 Å². The maximum absolute atomic E-state index is 5.18. The molecule has 2 heterocycles. The van der Waals surface area contributed by atoms with Gasteiger partial charge in [0.15, 0.2) is 0 Å². The predicted molar refractivity (Wildman–Crippen MR) is 96.9 cm³/mol. The number of nitrogens with one attached hydrogen (secondary N) is 1. The second-order valence-corrected chi connectivity index (χ2v) is 6.08. The van der Waals surface area contributed by atoms with Crippen LogP contribution in [0.3, 0.4) is 0 Å². The van der Waals surface area contributed by atoms with Crippen LogP contribution in [0.15, 0.2) is 36.7 Å². The van der Waals surface area contributed by atoms with Crippen LogP contribution < -0.4 is 15.0 Å². The van der Waals surface area contributed by atoms with Crippen LogP contribution in [0.5, 0.6) is 5.75 Å². The SMILES string of the molecule is COc1ccc(CCNc2cc(N3CCN(C)CC3)ncn2)cc1. The summed E-state index contributed by atoms with van der Waals surface area (Å²) in [6.07, 6.45) is 2.58. The van der Waals surface area contributed by atoms with Gasteiger partial charge in [0.2, 0.25) is 0 Å². The number of hydrogen-bond acceptors (Lipinski definition) is 6. The van der Waals surface area contributed by atoms with Crippen molar-refractivity contribution in [2.24, 2.45) is 0 Å². The first kappa shape index (κ1) is 16.5. The van der Waals surface area contributed by atoms with Gasteiger partial charge in [-0.15, -0.1) is 0 Å². The van der Waals surface area contributed by atoms with E-state index in [2.05, 4.69) is 44.3 Å². The summed E-state index contributed by atoms with van der Waals surface area (Å²) in [4.78, 5) is 13.4. The smallest absolute Gasteiger partial charge is 0.134 e. The van der Waals surface area contributed by atoms with Crippen molar-refractivity contribution in [2.75, 3.05) is 57.1 Å². The highest BCUT2D eigenvalue weighted by Gasteiger charge is 2.15. The van der Waals surface area contributed by atoms with Gasteiger partial charge in [-0.1, -0.05) is 12.1 Å². The quantitative estimate of drug-likeness (QED) is 0.874. The maximum atomic E-state index is 5.18. The average molecular weight is 327 g/mol. The number of benzene rings is 1. The lowest BCUT2D eigenvalue weighted by Crippen LogP contribution is -2.44. The molecule has 0 atom stereocenters. The molecule has 0 spiro atoms. The standard InChI is InChI=1S/C18H25N5O/c1-22-9-11-23(12-10-22)18-13-17(20-14-21-18)19-8-7-15-3-5-16(24-2)6-4-15/h3-6,13-14H,7-12H2,1-2H3,(H,19,20,21). The molecule has 0 unspecified atom stereocenters. The Balaban J connectivity index is 1.52. The Bertz CT molecular complexity index is 638. The molecular weight excluding hydrogens is 302 g/mol. The van der Waals surface area contributed by atoms with E-state index in [9.17, 15) is 0 Å². The summed E-state index contributed by atoms with van der Waals surface area (Å²) in [5.74, 6) is 2.77.